The van der Waals surface area contributed by atoms with E-state index in [4.69, 9.17) is 28.9 Å². The molecule has 0 fully saturated rings. The van der Waals surface area contributed by atoms with Crippen LogP contribution >= 0.6 is 23.2 Å². The van der Waals surface area contributed by atoms with Crippen LogP contribution in [0.3, 0.4) is 0 Å². The number of anilines is 1. The minimum atomic E-state index is 0.412. The molecular formula is C13H9Cl2N3. The third-order valence-electron chi connectivity index (χ3n) is 2.74. The van der Waals surface area contributed by atoms with Crippen LogP contribution in [0.5, 0.6) is 0 Å². The smallest absolute Gasteiger partial charge is 0.205 e. The minimum absolute atomic E-state index is 0.412. The Morgan fingerprint density at radius 2 is 1.67 bits per heavy atom. The van der Waals surface area contributed by atoms with Gasteiger partial charge in [-0.2, -0.15) is 0 Å². The number of fused-ring (bicyclic) bond motifs is 1. The van der Waals surface area contributed by atoms with Gasteiger partial charge in [0.05, 0.1) is 21.1 Å². The lowest BCUT2D eigenvalue weighted by molar-refractivity contribution is 1.11. The van der Waals surface area contributed by atoms with Gasteiger partial charge in [-0.3, -0.25) is 4.57 Å². The molecule has 2 N–H and O–H groups in total. The zero-order valence-corrected chi connectivity index (χ0v) is 10.8. The molecule has 90 valence electrons. The van der Waals surface area contributed by atoms with Gasteiger partial charge in [0.1, 0.15) is 0 Å². The predicted molar refractivity (Wildman–Crippen MR) is 75.5 cm³/mol. The Morgan fingerprint density at radius 1 is 1.00 bits per heavy atom. The summed E-state index contributed by atoms with van der Waals surface area (Å²) in [6.45, 7) is 0. The van der Waals surface area contributed by atoms with Gasteiger partial charge >= 0.3 is 0 Å². The van der Waals surface area contributed by atoms with Crippen LogP contribution in [0.25, 0.3) is 16.7 Å². The first kappa shape index (κ1) is 11.4. The highest BCUT2D eigenvalue weighted by Gasteiger charge is 2.12. The fourth-order valence-electron chi connectivity index (χ4n) is 1.94. The maximum atomic E-state index is 6.04. The van der Waals surface area contributed by atoms with Crippen LogP contribution in [0, 0.1) is 0 Å². The molecule has 1 heterocycles. The molecule has 3 rings (SSSR count). The molecule has 0 amide bonds. The van der Waals surface area contributed by atoms with E-state index >= 15 is 0 Å². The maximum absolute atomic E-state index is 6.04. The Labute approximate surface area is 114 Å². The SMILES string of the molecule is Nc1nc2cc(Cl)c(Cl)cc2n1-c1ccccc1. The summed E-state index contributed by atoms with van der Waals surface area (Å²) >= 11 is 12.0. The van der Waals surface area contributed by atoms with Crippen LogP contribution < -0.4 is 5.73 Å². The summed E-state index contributed by atoms with van der Waals surface area (Å²) in [5, 5.41) is 0.961. The fourth-order valence-corrected chi connectivity index (χ4v) is 2.26. The molecule has 0 saturated heterocycles. The van der Waals surface area contributed by atoms with Crippen molar-refractivity contribution in [2.45, 2.75) is 0 Å². The van der Waals surface area contributed by atoms with Crippen molar-refractivity contribution in [3.8, 4) is 5.69 Å². The molecule has 0 aliphatic heterocycles. The third-order valence-corrected chi connectivity index (χ3v) is 3.46. The predicted octanol–water partition coefficient (Wildman–Crippen LogP) is 3.91. The number of nitrogen functional groups attached to an aromatic ring is 1. The number of aromatic nitrogens is 2. The lowest BCUT2D eigenvalue weighted by atomic mass is 10.3. The van der Waals surface area contributed by atoms with Gasteiger partial charge in [-0.15, -0.1) is 0 Å². The van der Waals surface area contributed by atoms with Crippen molar-refractivity contribution in [1.82, 2.24) is 9.55 Å². The minimum Gasteiger partial charge on any atom is -0.369 e. The highest BCUT2D eigenvalue weighted by molar-refractivity contribution is 6.42. The van der Waals surface area contributed by atoms with Crippen LogP contribution in [-0.2, 0) is 0 Å². The van der Waals surface area contributed by atoms with E-state index < -0.39 is 0 Å². The van der Waals surface area contributed by atoms with Gasteiger partial charge in [0.25, 0.3) is 0 Å². The summed E-state index contributed by atoms with van der Waals surface area (Å²) in [4.78, 5) is 4.29. The second-order valence-corrected chi connectivity index (χ2v) is 4.71. The molecule has 3 nitrogen and oxygen atoms in total. The number of nitrogens with two attached hydrogens (primary N) is 1. The van der Waals surface area contributed by atoms with Crippen molar-refractivity contribution in [2.75, 3.05) is 5.73 Å². The van der Waals surface area contributed by atoms with Crippen molar-refractivity contribution in [2.24, 2.45) is 0 Å². The van der Waals surface area contributed by atoms with Crippen molar-refractivity contribution in [1.29, 1.82) is 0 Å². The molecule has 0 saturated carbocycles. The van der Waals surface area contributed by atoms with Gasteiger partial charge in [-0.25, -0.2) is 4.98 Å². The number of imidazole rings is 1. The van der Waals surface area contributed by atoms with Crippen molar-refractivity contribution < 1.29 is 0 Å². The van der Waals surface area contributed by atoms with E-state index in [0.29, 0.717) is 16.0 Å². The van der Waals surface area contributed by atoms with Crippen LogP contribution in [-0.4, -0.2) is 9.55 Å². The summed E-state index contributed by atoms with van der Waals surface area (Å²) in [7, 11) is 0. The van der Waals surface area contributed by atoms with E-state index in [1.54, 1.807) is 12.1 Å². The molecule has 0 unspecified atom stereocenters. The number of hydrogen-bond donors (Lipinski definition) is 1. The molecule has 1 aromatic heterocycles. The van der Waals surface area contributed by atoms with E-state index in [2.05, 4.69) is 4.98 Å². The Kier molecular flexibility index (Phi) is 2.65. The Bertz CT molecular complexity index is 720. The second kappa shape index (κ2) is 4.19. The molecule has 0 radical (unpaired) electrons. The molecular weight excluding hydrogens is 269 g/mol. The average molecular weight is 278 g/mol. The van der Waals surface area contributed by atoms with E-state index in [9.17, 15) is 0 Å². The van der Waals surface area contributed by atoms with Gasteiger partial charge < -0.3 is 5.73 Å². The van der Waals surface area contributed by atoms with E-state index in [0.717, 1.165) is 16.7 Å². The van der Waals surface area contributed by atoms with Crippen molar-refractivity contribution >= 4 is 40.2 Å². The number of para-hydroxylation sites is 1. The number of rotatable bonds is 1. The standard InChI is InChI=1S/C13H9Cl2N3/c14-9-6-11-12(7-10(9)15)18(13(16)17-11)8-4-2-1-3-5-8/h1-7H,(H2,16,17). The lowest BCUT2D eigenvalue weighted by Gasteiger charge is -2.06. The largest absolute Gasteiger partial charge is 0.369 e. The number of nitrogens with zero attached hydrogens (tertiary/aromatic N) is 2. The summed E-state index contributed by atoms with van der Waals surface area (Å²) in [6.07, 6.45) is 0. The molecule has 5 heteroatoms. The van der Waals surface area contributed by atoms with E-state index in [-0.39, 0.29) is 0 Å². The molecule has 0 aliphatic rings. The number of halogens is 2. The maximum Gasteiger partial charge on any atom is 0.205 e. The Morgan fingerprint density at radius 3 is 2.39 bits per heavy atom. The normalized spacial score (nSPS) is 11.0. The monoisotopic (exact) mass is 277 g/mol. The van der Waals surface area contributed by atoms with Gasteiger partial charge in [-0.1, -0.05) is 41.4 Å². The molecule has 2 aromatic carbocycles. The topological polar surface area (TPSA) is 43.8 Å². The first-order valence-electron chi connectivity index (χ1n) is 5.35. The first-order valence-corrected chi connectivity index (χ1v) is 6.11. The quantitative estimate of drug-likeness (QED) is 0.733. The van der Waals surface area contributed by atoms with Gasteiger partial charge in [-0.05, 0) is 24.3 Å². The zero-order valence-electron chi connectivity index (χ0n) is 9.27. The third kappa shape index (κ3) is 1.72. The van der Waals surface area contributed by atoms with Crippen molar-refractivity contribution in [3.05, 3.63) is 52.5 Å². The number of benzene rings is 2. The van der Waals surface area contributed by atoms with Gasteiger partial charge in [0.15, 0.2) is 0 Å². The fraction of sp³-hybridized carbons (Fsp3) is 0. The summed E-state index contributed by atoms with van der Waals surface area (Å²) in [5.74, 6) is 0.412. The van der Waals surface area contributed by atoms with Crippen LogP contribution in [0.15, 0.2) is 42.5 Å². The molecule has 0 aliphatic carbocycles. The van der Waals surface area contributed by atoms with E-state index in [1.807, 2.05) is 34.9 Å². The van der Waals surface area contributed by atoms with Gasteiger partial charge in [0, 0.05) is 5.69 Å². The van der Waals surface area contributed by atoms with Crippen LogP contribution in [0.4, 0.5) is 5.95 Å². The molecule has 0 spiro atoms. The number of hydrogen-bond acceptors (Lipinski definition) is 2. The van der Waals surface area contributed by atoms with Crippen molar-refractivity contribution in [3.63, 3.8) is 0 Å². The molecule has 3 aromatic rings. The Balaban J connectivity index is 2.36. The lowest BCUT2D eigenvalue weighted by Crippen LogP contribution is -2.00. The van der Waals surface area contributed by atoms with Crippen LogP contribution in [0.1, 0.15) is 0 Å². The highest BCUT2D eigenvalue weighted by atomic mass is 35.5. The second-order valence-electron chi connectivity index (χ2n) is 3.90. The molecule has 18 heavy (non-hydrogen) atoms. The molecule has 0 atom stereocenters. The average Bonchev–Trinajstić information content (AvgIpc) is 2.66. The summed E-state index contributed by atoms with van der Waals surface area (Å²) < 4.78 is 1.84. The first-order chi connectivity index (χ1) is 8.66. The van der Waals surface area contributed by atoms with Gasteiger partial charge in [0.2, 0.25) is 5.95 Å². The molecule has 0 bridgehead atoms. The van der Waals surface area contributed by atoms with E-state index in [1.165, 1.54) is 0 Å². The zero-order chi connectivity index (χ0) is 12.7. The highest BCUT2D eigenvalue weighted by Crippen LogP contribution is 2.30. The van der Waals surface area contributed by atoms with Crippen LogP contribution in [0.2, 0.25) is 10.0 Å². The Hall–Kier alpha value is -1.71. The summed E-state index contributed by atoms with van der Waals surface area (Å²) in [5.41, 5.74) is 8.46. The summed E-state index contributed by atoms with van der Waals surface area (Å²) in [6, 6.07) is 13.2.